The first-order valence-corrected chi connectivity index (χ1v) is 6.89. The molecule has 1 saturated heterocycles. The van der Waals surface area contributed by atoms with E-state index in [-0.39, 0.29) is 17.8 Å². The van der Waals surface area contributed by atoms with Crippen molar-refractivity contribution in [1.82, 2.24) is 0 Å². The molecule has 1 aliphatic heterocycles. The summed E-state index contributed by atoms with van der Waals surface area (Å²) < 4.78 is 14.3. The molecule has 0 aliphatic carbocycles. The van der Waals surface area contributed by atoms with Crippen molar-refractivity contribution in [2.24, 2.45) is 0 Å². The number of ether oxygens (including phenoxy) is 3. The Labute approximate surface area is 125 Å². The van der Waals surface area contributed by atoms with Gasteiger partial charge in [0.1, 0.15) is 12.7 Å². The van der Waals surface area contributed by atoms with Crippen LogP contribution in [0.4, 0.5) is 0 Å². The van der Waals surface area contributed by atoms with E-state index in [1.165, 1.54) is 6.08 Å². The molecular weight excluding hydrogens is 276 g/mol. The molecular formula is C15H24O6. The van der Waals surface area contributed by atoms with Crippen LogP contribution in [0.15, 0.2) is 24.0 Å². The van der Waals surface area contributed by atoms with Crippen LogP contribution in [-0.4, -0.2) is 43.0 Å². The summed E-state index contributed by atoms with van der Waals surface area (Å²) in [5.74, 6) is -1.29. The first-order valence-electron chi connectivity index (χ1n) is 6.89. The van der Waals surface area contributed by atoms with Crippen LogP contribution in [0.1, 0.15) is 33.6 Å². The Hall–Kier alpha value is -1.82. The van der Waals surface area contributed by atoms with Crippen LogP contribution in [0.5, 0.6) is 0 Å². The number of unbranched alkanes of at least 4 members (excludes halogenated alkanes) is 1. The first-order chi connectivity index (χ1) is 9.92. The van der Waals surface area contributed by atoms with Crippen LogP contribution in [0.3, 0.4) is 0 Å². The van der Waals surface area contributed by atoms with Crippen molar-refractivity contribution in [2.45, 2.75) is 39.7 Å². The topological polar surface area (TPSA) is 85.4 Å². The van der Waals surface area contributed by atoms with Gasteiger partial charge in [-0.15, -0.1) is 0 Å². The smallest absolute Gasteiger partial charge is 0.373 e. The van der Waals surface area contributed by atoms with Gasteiger partial charge in [-0.1, -0.05) is 19.9 Å². The Morgan fingerprint density at radius 2 is 2.00 bits per heavy atom. The summed E-state index contributed by atoms with van der Waals surface area (Å²) in [7, 11) is 0. The molecule has 120 valence electrons. The molecule has 1 N–H and O–H groups in total. The highest BCUT2D eigenvalue weighted by molar-refractivity contribution is 5.87. The minimum absolute atomic E-state index is 0.142. The molecule has 1 rings (SSSR count). The minimum Gasteiger partial charge on any atom is -0.502 e. The number of aliphatic hydroxyl groups is 1. The lowest BCUT2D eigenvalue weighted by atomic mass is 10.4. The normalized spacial score (nSPS) is 16.3. The predicted molar refractivity (Wildman–Crippen MR) is 77.8 cm³/mol. The fourth-order valence-corrected chi connectivity index (χ4v) is 0.957. The summed E-state index contributed by atoms with van der Waals surface area (Å²) in [6, 6.07) is 0. The van der Waals surface area contributed by atoms with Gasteiger partial charge >= 0.3 is 11.9 Å². The van der Waals surface area contributed by atoms with Crippen molar-refractivity contribution in [2.75, 3.05) is 19.8 Å². The summed E-state index contributed by atoms with van der Waals surface area (Å²) in [6.07, 6.45) is 3.27. The molecule has 0 aromatic rings. The maximum absolute atomic E-state index is 10.7. The third kappa shape index (κ3) is 10.6. The average Bonchev–Trinajstić information content (AvgIpc) is 3.28. The second-order valence-corrected chi connectivity index (χ2v) is 4.50. The van der Waals surface area contributed by atoms with Crippen LogP contribution in [0, 0.1) is 0 Å². The van der Waals surface area contributed by atoms with Crippen molar-refractivity contribution in [3.63, 3.8) is 0 Å². The second-order valence-electron chi connectivity index (χ2n) is 4.50. The molecule has 1 atom stereocenters. The lowest BCUT2D eigenvalue weighted by Crippen LogP contribution is -2.09. The zero-order valence-corrected chi connectivity index (χ0v) is 12.9. The van der Waals surface area contributed by atoms with Crippen LogP contribution < -0.4 is 0 Å². The molecule has 1 fully saturated rings. The highest BCUT2D eigenvalue weighted by atomic mass is 16.6. The van der Waals surface area contributed by atoms with E-state index in [4.69, 9.17) is 14.6 Å². The number of hydrogen-bond donors (Lipinski definition) is 1. The van der Waals surface area contributed by atoms with E-state index in [1.807, 2.05) is 6.92 Å². The highest BCUT2D eigenvalue weighted by Gasteiger charge is 2.24. The lowest BCUT2D eigenvalue weighted by Gasteiger charge is -2.01. The number of esters is 2. The van der Waals surface area contributed by atoms with Gasteiger partial charge in [-0.05, 0) is 26.3 Å². The van der Waals surface area contributed by atoms with Gasteiger partial charge in [0.15, 0.2) is 5.76 Å². The summed E-state index contributed by atoms with van der Waals surface area (Å²) in [6.45, 7) is 10.1. The number of epoxide rings is 1. The second kappa shape index (κ2) is 10.9. The molecule has 0 radical (unpaired) electrons. The number of rotatable bonds is 7. The van der Waals surface area contributed by atoms with Gasteiger partial charge in [-0.2, -0.15) is 0 Å². The summed E-state index contributed by atoms with van der Waals surface area (Å²) >= 11 is 0. The van der Waals surface area contributed by atoms with Gasteiger partial charge < -0.3 is 19.3 Å². The summed E-state index contributed by atoms with van der Waals surface area (Å²) in [4.78, 5) is 21.4. The molecule has 0 saturated carbocycles. The summed E-state index contributed by atoms with van der Waals surface area (Å²) in [5, 5.41) is 8.81. The zero-order chi connectivity index (χ0) is 16.3. The molecule has 6 nitrogen and oxygen atoms in total. The van der Waals surface area contributed by atoms with Gasteiger partial charge in [-0.3, -0.25) is 0 Å². The number of allylic oxidation sites excluding steroid dienone is 1. The van der Waals surface area contributed by atoms with Crippen LogP contribution in [-0.2, 0) is 23.8 Å². The van der Waals surface area contributed by atoms with Crippen LogP contribution in [0.25, 0.3) is 0 Å². The van der Waals surface area contributed by atoms with E-state index < -0.39 is 5.97 Å². The van der Waals surface area contributed by atoms with Crippen molar-refractivity contribution in [3.05, 3.63) is 24.0 Å². The van der Waals surface area contributed by atoms with E-state index in [9.17, 15) is 9.59 Å². The Balaban J connectivity index is 0.000000382. The zero-order valence-electron chi connectivity index (χ0n) is 12.9. The number of carbonyl (C=O) groups excluding carboxylic acids is 2. The van der Waals surface area contributed by atoms with Crippen molar-refractivity contribution in [3.8, 4) is 0 Å². The molecule has 1 heterocycles. The van der Waals surface area contributed by atoms with Gasteiger partial charge in [0, 0.05) is 5.57 Å². The maximum Gasteiger partial charge on any atom is 0.373 e. The Morgan fingerprint density at radius 1 is 1.38 bits per heavy atom. The Kier molecular flexibility index (Phi) is 9.96. The Bertz CT molecular complexity index is 382. The molecule has 0 amide bonds. The third-order valence-corrected chi connectivity index (χ3v) is 2.36. The van der Waals surface area contributed by atoms with Crippen LogP contribution in [0.2, 0.25) is 0 Å². The van der Waals surface area contributed by atoms with Crippen LogP contribution >= 0.6 is 0 Å². The average molecular weight is 300 g/mol. The molecule has 1 aliphatic rings. The van der Waals surface area contributed by atoms with Crippen molar-refractivity contribution in [1.29, 1.82) is 0 Å². The van der Waals surface area contributed by atoms with Gasteiger partial charge in [0.2, 0.25) is 0 Å². The molecule has 0 spiro atoms. The lowest BCUT2D eigenvalue weighted by molar-refractivity contribution is -0.142. The van der Waals surface area contributed by atoms with E-state index in [0.717, 1.165) is 12.8 Å². The van der Waals surface area contributed by atoms with Crippen molar-refractivity contribution < 1.29 is 28.9 Å². The van der Waals surface area contributed by atoms with E-state index in [2.05, 4.69) is 11.3 Å². The molecule has 1 unspecified atom stereocenters. The fourth-order valence-electron chi connectivity index (χ4n) is 0.957. The quantitative estimate of drug-likeness (QED) is 0.255. The monoisotopic (exact) mass is 300 g/mol. The maximum atomic E-state index is 10.7. The molecule has 6 heteroatoms. The van der Waals surface area contributed by atoms with Gasteiger partial charge in [0.25, 0.3) is 0 Å². The van der Waals surface area contributed by atoms with E-state index >= 15 is 0 Å². The van der Waals surface area contributed by atoms with E-state index in [0.29, 0.717) is 25.4 Å². The minimum atomic E-state index is -0.638. The molecule has 0 aromatic heterocycles. The summed E-state index contributed by atoms with van der Waals surface area (Å²) in [5.41, 5.74) is 0.431. The largest absolute Gasteiger partial charge is 0.502 e. The van der Waals surface area contributed by atoms with Gasteiger partial charge in [-0.25, -0.2) is 9.59 Å². The Morgan fingerprint density at radius 3 is 2.43 bits per heavy atom. The molecule has 21 heavy (non-hydrogen) atoms. The van der Waals surface area contributed by atoms with E-state index in [1.54, 1.807) is 13.8 Å². The standard InChI is InChI=1S/C8H14O3.C7H10O3/c1-3-5-6-11-8(10)7(9)4-2;1-5(2)7(8)10-4-6-3-9-6/h4,9H,3,5-6H2,1-2H3;6H,1,3-4H2,2H3. The highest BCUT2D eigenvalue weighted by Crippen LogP contribution is 2.09. The SMILES string of the molecule is C=C(C)C(=O)OCC1CO1.CC=C(O)C(=O)OCCCC. The predicted octanol–water partition coefficient (Wildman–Crippen LogP) is 2.30. The molecule has 0 bridgehead atoms. The third-order valence-electron chi connectivity index (χ3n) is 2.36. The number of hydrogen-bond acceptors (Lipinski definition) is 6. The number of aliphatic hydroxyl groups excluding tert-OH is 1. The number of carbonyl (C=O) groups is 2. The van der Waals surface area contributed by atoms with Crippen molar-refractivity contribution >= 4 is 11.9 Å². The first kappa shape index (κ1) is 19.2. The van der Waals surface area contributed by atoms with Gasteiger partial charge in [0.05, 0.1) is 13.2 Å². The fraction of sp³-hybridized carbons (Fsp3) is 0.600. The molecule has 0 aromatic carbocycles.